The first-order chi connectivity index (χ1) is 23.0. The number of hydrogen-bond donors (Lipinski definition) is 0. The summed E-state index contributed by atoms with van der Waals surface area (Å²) in [5.41, 5.74) is -1.01. The first kappa shape index (κ1) is 44.0. The second kappa shape index (κ2) is 18.0. The number of nitrogens with zero attached hydrogens (tertiary/aromatic N) is 2. The van der Waals surface area contributed by atoms with Crippen LogP contribution < -0.4 is 0 Å². The molecular formula is C38H66N2O8SSi. The number of allylic oxidation sites excluding steroid dienone is 1. The lowest BCUT2D eigenvalue weighted by molar-refractivity contribution is -0.159. The Hall–Kier alpha value is -2.18. The number of piperidine rings is 1. The third-order valence-electron chi connectivity index (χ3n) is 10.2. The van der Waals surface area contributed by atoms with Crippen LogP contribution in [0, 0.1) is 29.1 Å². The maximum absolute atomic E-state index is 14.6. The number of sulfonamides is 1. The second-order valence-electron chi connectivity index (χ2n) is 17.5. The van der Waals surface area contributed by atoms with Crippen molar-refractivity contribution in [1.82, 2.24) is 9.21 Å². The fourth-order valence-electron chi connectivity index (χ4n) is 7.12. The lowest BCUT2D eigenvalue weighted by atomic mass is 9.89. The maximum atomic E-state index is 14.6. The van der Waals surface area contributed by atoms with Crippen molar-refractivity contribution in [1.29, 1.82) is 0 Å². The van der Waals surface area contributed by atoms with Crippen LogP contribution in [0.5, 0.6) is 0 Å². The fourth-order valence-corrected chi connectivity index (χ4v) is 11.7. The Balaban J connectivity index is 2.44. The Morgan fingerprint density at radius 1 is 1.04 bits per heavy atom. The standard InChI is InChI=1S/C38H66N2O8SSi/c1-12-14-16-17-18-20-39(49(46,47)21-22-50(9,10)11)25-28(24-32(43)48-37(4,5)6)36(45)40-26-29-33(38(29,7)8)34(40)31(42)23-27(3)35(44)30(41)19-15-13-2/h13,27-29,33-34H,2,12,14-26H2,1,3-11H3/t27-,28+,29+,33+,34-/m1/s1. The van der Waals surface area contributed by atoms with Gasteiger partial charge in [-0.1, -0.05) is 79.1 Å². The number of rotatable bonds is 23. The first-order valence-electron chi connectivity index (χ1n) is 18.7. The molecule has 50 heavy (non-hydrogen) atoms. The maximum Gasteiger partial charge on any atom is 0.307 e. The number of carbonyl (C=O) groups is 5. The van der Waals surface area contributed by atoms with Crippen LogP contribution in [0.3, 0.4) is 0 Å². The van der Waals surface area contributed by atoms with Crippen LogP contribution in [-0.2, 0) is 38.7 Å². The SMILES string of the molecule is C=CCCC(=O)C(=O)[C@H](C)CC(=O)[C@@H]1[C@@H]2[C@H](CN1C(=O)[C@@H](CC(=O)OC(C)(C)C)CN(CCCCCCC)S(=O)(=O)CC[Si](C)(C)C)C2(C)C. The summed E-state index contributed by atoms with van der Waals surface area (Å²) >= 11 is 0. The molecule has 0 aromatic carbocycles. The van der Waals surface area contributed by atoms with Crippen LogP contribution in [0.15, 0.2) is 12.7 Å². The Labute approximate surface area is 303 Å². The van der Waals surface area contributed by atoms with E-state index in [0.29, 0.717) is 25.4 Å². The number of ether oxygens (including phenoxy) is 1. The predicted molar refractivity (Wildman–Crippen MR) is 201 cm³/mol. The molecule has 1 aliphatic heterocycles. The number of hydrogen-bond acceptors (Lipinski definition) is 8. The zero-order valence-electron chi connectivity index (χ0n) is 32.6. The first-order valence-corrected chi connectivity index (χ1v) is 24.0. The monoisotopic (exact) mass is 738 g/mol. The van der Waals surface area contributed by atoms with Gasteiger partial charge in [-0.15, -0.1) is 6.58 Å². The molecule has 0 spiro atoms. The summed E-state index contributed by atoms with van der Waals surface area (Å²) in [6.45, 7) is 23.3. The number of fused-ring (bicyclic) bond motifs is 1. The van der Waals surface area contributed by atoms with Crippen LogP contribution in [0.2, 0.25) is 25.7 Å². The van der Waals surface area contributed by atoms with Crippen molar-refractivity contribution in [3.63, 3.8) is 0 Å². The summed E-state index contributed by atoms with van der Waals surface area (Å²) < 4.78 is 34.8. The highest BCUT2D eigenvalue weighted by molar-refractivity contribution is 7.89. The molecule has 1 saturated carbocycles. The summed E-state index contributed by atoms with van der Waals surface area (Å²) in [6, 6.07) is -0.256. The molecule has 1 heterocycles. The molecule has 12 heteroatoms. The predicted octanol–water partition coefficient (Wildman–Crippen LogP) is 6.46. The van der Waals surface area contributed by atoms with Gasteiger partial charge in [0.25, 0.3) is 0 Å². The van der Waals surface area contributed by atoms with Crippen molar-refractivity contribution in [3.05, 3.63) is 12.7 Å². The van der Waals surface area contributed by atoms with E-state index in [1.54, 1.807) is 33.8 Å². The van der Waals surface area contributed by atoms with Crippen LogP contribution in [-0.4, -0.2) is 92.0 Å². The summed E-state index contributed by atoms with van der Waals surface area (Å²) in [5.74, 6) is -4.50. The van der Waals surface area contributed by atoms with Crippen LogP contribution in [0.25, 0.3) is 0 Å². The van der Waals surface area contributed by atoms with Gasteiger partial charge >= 0.3 is 5.97 Å². The van der Waals surface area contributed by atoms with Gasteiger partial charge in [0.15, 0.2) is 11.6 Å². The van der Waals surface area contributed by atoms with E-state index in [2.05, 4.69) is 47.0 Å². The van der Waals surface area contributed by atoms with Crippen molar-refractivity contribution in [3.8, 4) is 0 Å². The smallest absolute Gasteiger partial charge is 0.307 e. The Morgan fingerprint density at radius 2 is 1.66 bits per heavy atom. The van der Waals surface area contributed by atoms with E-state index in [0.717, 1.165) is 25.7 Å². The molecule has 0 bridgehead atoms. The van der Waals surface area contributed by atoms with Gasteiger partial charge in [-0.2, -0.15) is 0 Å². The lowest BCUT2D eigenvalue weighted by Crippen LogP contribution is -2.51. The van der Waals surface area contributed by atoms with E-state index in [-0.39, 0.29) is 61.1 Å². The van der Waals surface area contributed by atoms with Gasteiger partial charge in [0.05, 0.1) is 24.1 Å². The zero-order valence-corrected chi connectivity index (χ0v) is 34.5. The van der Waals surface area contributed by atoms with Crippen LogP contribution in [0.1, 0.15) is 106 Å². The molecule has 1 amide bonds. The minimum Gasteiger partial charge on any atom is -0.460 e. The molecule has 0 radical (unpaired) electrons. The minimum atomic E-state index is -3.76. The number of carbonyl (C=O) groups excluding carboxylic acids is 5. The van der Waals surface area contributed by atoms with Crippen molar-refractivity contribution < 1.29 is 37.1 Å². The molecule has 0 unspecified atom stereocenters. The van der Waals surface area contributed by atoms with Crippen molar-refractivity contribution >= 4 is 47.3 Å². The van der Waals surface area contributed by atoms with Gasteiger partial charge < -0.3 is 9.64 Å². The van der Waals surface area contributed by atoms with Gasteiger partial charge in [0.2, 0.25) is 21.7 Å². The molecule has 2 fully saturated rings. The lowest BCUT2D eigenvalue weighted by Gasteiger charge is -2.35. The Kier molecular flexibility index (Phi) is 15.9. The molecule has 1 aliphatic carbocycles. The summed E-state index contributed by atoms with van der Waals surface area (Å²) in [6.07, 6.45) is 6.05. The second-order valence-corrected chi connectivity index (χ2v) is 25.2. The summed E-state index contributed by atoms with van der Waals surface area (Å²) in [4.78, 5) is 68.6. The quantitative estimate of drug-likeness (QED) is 0.0384. The normalized spacial score (nSPS) is 21.3. The molecule has 2 aliphatic rings. The number of ketones is 3. The van der Waals surface area contributed by atoms with Crippen molar-refractivity contribution in [2.75, 3.05) is 25.4 Å². The van der Waals surface area contributed by atoms with E-state index >= 15 is 0 Å². The number of amides is 1. The van der Waals surface area contributed by atoms with Crippen molar-refractivity contribution in [2.45, 2.75) is 144 Å². The van der Waals surface area contributed by atoms with E-state index in [9.17, 15) is 32.4 Å². The minimum absolute atomic E-state index is 0.0222. The average molecular weight is 739 g/mol. The number of Topliss-reactive ketones (excluding diaryl/α,β-unsaturated/α-hetero) is 3. The summed E-state index contributed by atoms with van der Waals surface area (Å²) in [5, 5.41) is 0. The molecule has 10 nitrogen and oxygen atoms in total. The highest BCUT2D eigenvalue weighted by atomic mass is 32.2. The average Bonchev–Trinajstić information content (AvgIpc) is 3.31. The third-order valence-corrected chi connectivity index (χ3v) is 14.2. The molecule has 0 aromatic rings. The highest BCUT2D eigenvalue weighted by Gasteiger charge is 2.69. The van der Waals surface area contributed by atoms with Gasteiger partial charge in [0.1, 0.15) is 5.60 Å². The van der Waals surface area contributed by atoms with Gasteiger partial charge in [-0.25, -0.2) is 12.7 Å². The van der Waals surface area contributed by atoms with Crippen LogP contribution >= 0.6 is 0 Å². The molecule has 0 aromatic heterocycles. The Bertz CT molecular complexity index is 1350. The molecule has 1 saturated heterocycles. The molecule has 2 rings (SSSR count). The molecular weight excluding hydrogens is 673 g/mol. The van der Waals surface area contributed by atoms with Gasteiger partial charge in [-0.3, -0.25) is 24.0 Å². The topological polar surface area (TPSA) is 135 Å². The number of esters is 1. The number of unbranched alkanes of at least 4 members (excludes halogenated alkanes) is 4. The zero-order chi connectivity index (χ0) is 38.2. The van der Waals surface area contributed by atoms with E-state index in [1.807, 2.05) is 0 Å². The molecule has 0 N–H and O–H groups in total. The van der Waals surface area contributed by atoms with Crippen LogP contribution in [0.4, 0.5) is 0 Å². The summed E-state index contributed by atoms with van der Waals surface area (Å²) in [7, 11) is -5.47. The van der Waals surface area contributed by atoms with Crippen molar-refractivity contribution in [2.24, 2.45) is 29.1 Å². The largest absolute Gasteiger partial charge is 0.460 e. The Morgan fingerprint density at radius 3 is 2.22 bits per heavy atom. The van der Waals surface area contributed by atoms with Gasteiger partial charge in [0, 0.05) is 46.5 Å². The fraction of sp³-hybridized carbons (Fsp3) is 0.816. The van der Waals surface area contributed by atoms with E-state index in [4.69, 9.17) is 4.74 Å². The highest BCUT2D eigenvalue weighted by Crippen LogP contribution is 2.65. The van der Waals surface area contributed by atoms with Gasteiger partial charge in [-0.05, 0) is 56.9 Å². The number of likely N-dealkylation sites (tertiary alicyclic amines) is 1. The van der Waals surface area contributed by atoms with E-state index < -0.39 is 65.0 Å². The molecule has 286 valence electrons. The molecule has 5 atom stereocenters. The van der Waals surface area contributed by atoms with E-state index in [1.165, 1.54) is 9.21 Å². The third kappa shape index (κ3) is 12.8.